The van der Waals surface area contributed by atoms with Crippen LogP contribution in [-0.4, -0.2) is 37.0 Å². The molecule has 0 bridgehead atoms. The molecule has 2 saturated heterocycles. The van der Waals surface area contributed by atoms with Gasteiger partial charge < -0.3 is 9.80 Å². The maximum Gasteiger partial charge on any atom is 0.222 e. The third-order valence-corrected chi connectivity index (χ3v) is 5.34. The number of benzene rings is 1. The van der Waals surface area contributed by atoms with E-state index in [2.05, 4.69) is 17.9 Å². The van der Waals surface area contributed by atoms with Gasteiger partial charge in [0.05, 0.1) is 11.3 Å². The van der Waals surface area contributed by atoms with Gasteiger partial charge in [-0.2, -0.15) is 5.26 Å². The lowest BCUT2D eigenvalue weighted by atomic mass is 9.71. The van der Waals surface area contributed by atoms with Crippen molar-refractivity contribution in [3.63, 3.8) is 0 Å². The number of amides is 1. The topological polar surface area (TPSA) is 47.3 Å². The van der Waals surface area contributed by atoms with Gasteiger partial charge >= 0.3 is 0 Å². The second-order valence-corrected chi connectivity index (χ2v) is 6.97. The van der Waals surface area contributed by atoms with Crippen LogP contribution >= 0.6 is 0 Å². The molecule has 2 aliphatic heterocycles. The number of anilines is 1. The summed E-state index contributed by atoms with van der Waals surface area (Å²) in [7, 11) is 0. The van der Waals surface area contributed by atoms with Gasteiger partial charge in [-0.1, -0.05) is 25.5 Å². The van der Waals surface area contributed by atoms with E-state index in [0.717, 1.165) is 63.1 Å². The molecule has 3 rings (SSSR count). The molecule has 23 heavy (non-hydrogen) atoms. The van der Waals surface area contributed by atoms with Crippen LogP contribution in [0.3, 0.4) is 0 Å². The second kappa shape index (κ2) is 6.62. The zero-order valence-corrected chi connectivity index (χ0v) is 13.9. The van der Waals surface area contributed by atoms with E-state index in [-0.39, 0.29) is 0 Å². The molecule has 1 aromatic rings. The molecular formula is C19H25N3O. The predicted molar refractivity (Wildman–Crippen MR) is 91.1 cm³/mol. The Balaban J connectivity index is 1.54. The van der Waals surface area contributed by atoms with E-state index in [1.165, 1.54) is 0 Å². The maximum absolute atomic E-state index is 12.1. The molecule has 122 valence electrons. The summed E-state index contributed by atoms with van der Waals surface area (Å²) in [5.41, 5.74) is 2.15. The minimum Gasteiger partial charge on any atom is -0.370 e. The lowest BCUT2D eigenvalue weighted by Crippen LogP contribution is -2.61. The van der Waals surface area contributed by atoms with Crippen molar-refractivity contribution in [3.05, 3.63) is 29.8 Å². The van der Waals surface area contributed by atoms with Gasteiger partial charge in [0.25, 0.3) is 0 Å². The van der Waals surface area contributed by atoms with Crippen molar-refractivity contribution >= 4 is 11.6 Å². The van der Waals surface area contributed by atoms with E-state index in [1.54, 1.807) is 0 Å². The van der Waals surface area contributed by atoms with Crippen molar-refractivity contribution in [2.24, 2.45) is 5.41 Å². The largest absolute Gasteiger partial charge is 0.370 e. The molecule has 0 radical (unpaired) electrons. The summed E-state index contributed by atoms with van der Waals surface area (Å²) in [5, 5.41) is 9.25. The Morgan fingerprint density at radius 3 is 2.61 bits per heavy atom. The van der Waals surface area contributed by atoms with Crippen molar-refractivity contribution in [3.8, 4) is 6.07 Å². The Labute approximate surface area is 138 Å². The van der Waals surface area contributed by atoms with E-state index in [1.807, 2.05) is 29.2 Å². The van der Waals surface area contributed by atoms with Crippen molar-refractivity contribution < 1.29 is 4.79 Å². The third kappa shape index (κ3) is 3.19. The zero-order valence-electron chi connectivity index (χ0n) is 13.9. The standard InChI is InChI=1S/C19H25N3O/c1-2-3-8-18(23)22-14-19(15-22)9-11-21(12-10-19)17-7-5-4-6-16(17)13-20/h4-7H,2-3,8-12,14-15H2,1H3. The summed E-state index contributed by atoms with van der Waals surface area (Å²) in [6, 6.07) is 10.1. The first kappa shape index (κ1) is 15.9. The minimum absolute atomic E-state index is 0.328. The van der Waals surface area contributed by atoms with Crippen LogP contribution in [0.2, 0.25) is 0 Å². The molecule has 4 heteroatoms. The molecule has 2 aliphatic rings. The van der Waals surface area contributed by atoms with Crippen LogP contribution in [0.15, 0.2) is 24.3 Å². The molecule has 0 N–H and O–H groups in total. The summed E-state index contributed by atoms with van der Waals surface area (Å²) in [6.07, 6.45) is 5.02. The van der Waals surface area contributed by atoms with Crippen molar-refractivity contribution in [2.45, 2.75) is 39.0 Å². The maximum atomic E-state index is 12.1. The van der Waals surface area contributed by atoms with Gasteiger partial charge in [-0.3, -0.25) is 4.79 Å². The van der Waals surface area contributed by atoms with Crippen LogP contribution in [0.1, 0.15) is 44.6 Å². The van der Waals surface area contributed by atoms with Crippen molar-refractivity contribution in [2.75, 3.05) is 31.1 Å². The molecule has 1 amide bonds. The number of para-hydroxylation sites is 1. The summed E-state index contributed by atoms with van der Waals surface area (Å²) in [4.78, 5) is 16.4. The fourth-order valence-corrected chi connectivity index (χ4v) is 3.81. The van der Waals surface area contributed by atoms with Crippen molar-refractivity contribution in [1.82, 2.24) is 4.90 Å². The van der Waals surface area contributed by atoms with E-state index in [4.69, 9.17) is 0 Å². The zero-order chi connectivity index (χ0) is 16.3. The fourth-order valence-electron chi connectivity index (χ4n) is 3.81. The number of unbranched alkanes of at least 4 members (excludes halogenated alkanes) is 1. The van der Waals surface area contributed by atoms with E-state index < -0.39 is 0 Å². The number of carbonyl (C=O) groups is 1. The molecule has 0 atom stereocenters. The Bertz CT molecular complexity index is 603. The number of nitrogens with zero attached hydrogens (tertiary/aromatic N) is 3. The van der Waals surface area contributed by atoms with E-state index >= 15 is 0 Å². The smallest absolute Gasteiger partial charge is 0.222 e. The summed E-state index contributed by atoms with van der Waals surface area (Å²) < 4.78 is 0. The first-order chi connectivity index (χ1) is 11.2. The highest BCUT2D eigenvalue weighted by atomic mass is 16.2. The number of hydrogen-bond donors (Lipinski definition) is 0. The Morgan fingerprint density at radius 1 is 1.26 bits per heavy atom. The number of nitriles is 1. The van der Waals surface area contributed by atoms with Gasteiger partial charge in [0.2, 0.25) is 5.91 Å². The lowest BCUT2D eigenvalue weighted by Gasteiger charge is -2.54. The van der Waals surface area contributed by atoms with Crippen LogP contribution in [0, 0.1) is 16.7 Å². The number of hydrogen-bond acceptors (Lipinski definition) is 3. The summed E-state index contributed by atoms with van der Waals surface area (Å²) >= 11 is 0. The monoisotopic (exact) mass is 311 g/mol. The number of rotatable bonds is 4. The quantitative estimate of drug-likeness (QED) is 0.858. The van der Waals surface area contributed by atoms with Gasteiger partial charge in [-0.25, -0.2) is 0 Å². The molecular weight excluding hydrogens is 286 g/mol. The van der Waals surface area contributed by atoms with Gasteiger partial charge in [-0.15, -0.1) is 0 Å². The van der Waals surface area contributed by atoms with Gasteiger partial charge in [0, 0.05) is 38.0 Å². The third-order valence-electron chi connectivity index (χ3n) is 5.34. The molecule has 1 spiro atoms. The Kier molecular flexibility index (Phi) is 4.56. The van der Waals surface area contributed by atoms with E-state index in [9.17, 15) is 10.1 Å². The Hall–Kier alpha value is -2.02. The number of likely N-dealkylation sites (tertiary alicyclic amines) is 1. The molecule has 0 saturated carbocycles. The van der Waals surface area contributed by atoms with Crippen LogP contribution < -0.4 is 4.90 Å². The highest BCUT2D eigenvalue weighted by Crippen LogP contribution is 2.42. The number of carbonyl (C=O) groups excluding carboxylic acids is 1. The van der Waals surface area contributed by atoms with Gasteiger partial charge in [0.15, 0.2) is 0 Å². The SMILES string of the molecule is CCCCC(=O)N1CC2(CCN(c3ccccc3C#N)CC2)C1. The average molecular weight is 311 g/mol. The molecule has 0 aromatic heterocycles. The van der Waals surface area contributed by atoms with Crippen molar-refractivity contribution in [1.29, 1.82) is 5.26 Å². The minimum atomic E-state index is 0.328. The molecule has 1 aromatic carbocycles. The molecule has 0 unspecified atom stereocenters. The van der Waals surface area contributed by atoms with Crippen LogP contribution in [0.5, 0.6) is 0 Å². The molecule has 2 fully saturated rings. The van der Waals surface area contributed by atoms with Crippen LogP contribution in [-0.2, 0) is 4.79 Å². The van der Waals surface area contributed by atoms with Crippen LogP contribution in [0.4, 0.5) is 5.69 Å². The van der Waals surface area contributed by atoms with E-state index in [0.29, 0.717) is 17.7 Å². The van der Waals surface area contributed by atoms with Crippen LogP contribution in [0.25, 0.3) is 0 Å². The first-order valence-corrected chi connectivity index (χ1v) is 8.69. The Morgan fingerprint density at radius 2 is 1.96 bits per heavy atom. The second-order valence-electron chi connectivity index (χ2n) is 6.97. The average Bonchev–Trinajstić information content (AvgIpc) is 2.57. The normalized spacial score (nSPS) is 19.3. The number of piperidine rings is 1. The molecule has 2 heterocycles. The van der Waals surface area contributed by atoms with Gasteiger partial charge in [0.1, 0.15) is 6.07 Å². The fraction of sp³-hybridized carbons (Fsp3) is 0.579. The highest BCUT2D eigenvalue weighted by Gasteiger charge is 2.46. The summed E-state index contributed by atoms with van der Waals surface area (Å²) in [6.45, 7) is 5.96. The highest BCUT2D eigenvalue weighted by molar-refractivity contribution is 5.77. The summed E-state index contributed by atoms with van der Waals surface area (Å²) in [5.74, 6) is 0.328. The molecule has 4 nitrogen and oxygen atoms in total. The molecule has 0 aliphatic carbocycles. The first-order valence-electron chi connectivity index (χ1n) is 8.69. The predicted octanol–water partition coefficient (Wildman–Crippen LogP) is 3.18. The lowest BCUT2D eigenvalue weighted by molar-refractivity contribution is -0.144. The van der Waals surface area contributed by atoms with Gasteiger partial charge in [-0.05, 0) is 31.4 Å².